The molecule has 138 valence electrons. The van der Waals surface area contributed by atoms with Crippen LogP contribution >= 0.6 is 0 Å². The van der Waals surface area contributed by atoms with Crippen LogP contribution in [0.1, 0.15) is 49.0 Å². The van der Waals surface area contributed by atoms with E-state index in [-0.39, 0.29) is 17.6 Å². The number of aromatic amines is 1. The highest BCUT2D eigenvalue weighted by Crippen LogP contribution is 2.26. The van der Waals surface area contributed by atoms with Crippen molar-refractivity contribution in [2.75, 3.05) is 0 Å². The van der Waals surface area contributed by atoms with E-state index >= 15 is 0 Å². The molecule has 2 heterocycles. The van der Waals surface area contributed by atoms with Gasteiger partial charge in [0, 0.05) is 12.0 Å². The number of halogens is 3. The van der Waals surface area contributed by atoms with Gasteiger partial charge in [0.05, 0.1) is 5.69 Å². The van der Waals surface area contributed by atoms with E-state index in [2.05, 4.69) is 30.7 Å². The Kier molecular flexibility index (Phi) is 4.17. The molecule has 2 aromatic heterocycles. The molecule has 0 amide bonds. The summed E-state index contributed by atoms with van der Waals surface area (Å²) in [5.41, 5.74) is 2.19. The second kappa shape index (κ2) is 5.96. The number of nitrogens with zero attached hydrogens (tertiary/aromatic N) is 3. The third-order valence-electron chi connectivity index (χ3n) is 4.26. The molecule has 0 saturated carbocycles. The van der Waals surface area contributed by atoms with Crippen molar-refractivity contribution in [3.8, 4) is 0 Å². The van der Waals surface area contributed by atoms with Crippen molar-refractivity contribution in [3.05, 3.63) is 62.8 Å². The van der Waals surface area contributed by atoms with E-state index in [9.17, 15) is 18.0 Å². The number of H-pyrrole nitrogens is 1. The third-order valence-corrected chi connectivity index (χ3v) is 4.26. The molecule has 0 bridgehead atoms. The van der Waals surface area contributed by atoms with E-state index in [0.29, 0.717) is 11.3 Å². The lowest BCUT2D eigenvalue weighted by atomic mass is 9.86. The average molecular weight is 364 g/mol. The fraction of sp³-hybridized carbons (Fsp3) is 0.389. The molecule has 0 saturated heterocycles. The molecule has 0 fully saturated rings. The van der Waals surface area contributed by atoms with Crippen LogP contribution in [0.3, 0.4) is 0 Å². The maximum Gasteiger partial charge on any atom is 0.451 e. The lowest BCUT2D eigenvalue weighted by molar-refractivity contribution is -0.144. The Morgan fingerprint density at radius 1 is 1.08 bits per heavy atom. The Bertz CT molecular complexity index is 1010. The summed E-state index contributed by atoms with van der Waals surface area (Å²) in [7, 11) is 0. The van der Waals surface area contributed by atoms with Gasteiger partial charge in [-0.2, -0.15) is 22.7 Å². The first-order valence-electron chi connectivity index (χ1n) is 8.11. The van der Waals surface area contributed by atoms with Crippen molar-refractivity contribution in [1.82, 2.24) is 19.6 Å². The minimum absolute atomic E-state index is 0.0123. The smallest absolute Gasteiger partial charge is 0.267 e. The zero-order valence-corrected chi connectivity index (χ0v) is 14.9. The van der Waals surface area contributed by atoms with Crippen LogP contribution < -0.4 is 5.56 Å². The van der Waals surface area contributed by atoms with E-state index in [1.54, 1.807) is 6.92 Å². The van der Waals surface area contributed by atoms with Crippen molar-refractivity contribution in [2.45, 2.75) is 45.7 Å². The summed E-state index contributed by atoms with van der Waals surface area (Å²) in [6, 6.07) is 7.82. The number of rotatable bonds is 2. The number of hydrogen-bond acceptors (Lipinski definition) is 3. The van der Waals surface area contributed by atoms with Crippen molar-refractivity contribution >= 4 is 5.78 Å². The predicted molar refractivity (Wildman–Crippen MR) is 91.3 cm³/mol. The summed E-state index contributed by atoms with van der Waals surface area (Å²) in [4.78, 5) is 20.0. The van der Waals surface area contributed by atoms with Gasteiger partial charge < -0.3 is 0 Å². The van der Waals surface area contributed by atoms with E-state index < -0.39 is 17.6 Å². The summed E-state index contributed by atoms with van der Waals surface area (Å²) in [5.74, 6) is -1.53. The van der Waals surface area contributed by atoms with Gasteiger partial charge in [0.25, 0.3) is 11.3 Å². The van der Waals surface area contributed by atoms with Gasteiger partial charge in [-0.15, -0.1) is 0 Å². The fourth-order valence-corrected chi connectivity index (χ4v) is 2.71. The highest BCUT2D eigenvalue weighted by atomic mass is 19.4. The Hall–Kier alpha value is -2.64. The van der Waals surface area contributed by atoms with Crippen LogP contribution in [0.15, 0.2) is 29.1 Å². The maximum atomic E-state index is 12.8. The van der Waals surface area contributed by atoms with Crippen LogP contribution in [0.5, 0.6) is 0 Å². The molecule has 0 aliphatic heterocycles. The molecule has 0 atom stereocenters. The molecule has 3 rings (SSSR count). The normalized spacial score (nSPS) is 12.7. The summed E-state index contributed by atoms with van der Waals surface area (Å²) in [6.07, 6.45) is -4.39. The van der Waals surface area contributed by atoms with Gasteiger partial charge in [-0.1, -0.05) is 45.0 Å². The zero-order valence-electron chi connectivity index (χ0n) is 14.9. The molecular formula is C18H19F3N4O. The number of aromatic nitrogens is 4. The summed E-state index contributed by atoms with van der Waals surface area (Å²) < 4.78 is 39.2. The van der Waals surface area contributed by atoms with Gasteiger partial charge in [-0.3, -0.25) is 9.89 Å². The topological polar surface area (TPSA) is 63.1 Å². The first kappa shape index (κ1) is 18.2. The molecule has 1 N–H and O–H groups in total. The van der Waals surface area contributed by atoms with Crippen molar-refractivity contribution < 1.29 is 13.2 Å². The molecule has 0 unspecified atom stereocenters. The van der Waals surface area contributed by atoms with Crippen molar-refractivity contribution in [3.63, 3.8) is 0 Å². The van der Waals surface area contributed by atoms with E-state index in [4.69, 9.17) is 0 Å². The molecule has 0 radical (unpaired) electrons. The van der Waals surface area contributed by atoms with E-state index in [1.165, 1.54) is 0 Å². The van der Waals surface area contributed by atoms with Crippen molar-refractivity contribution in [2.24, 2.45) is 0 Å². The van der Waals surface area contributed by atoms with Crippen LogP contribution in [0.4, 0.5) is 13.2 Å². The number of benzene rings is 1. The minimum Gasteiger partial charge on any atom is -0.267 e. The summed E-state index contributed by atoms with van der Waals surface area (Å²) in [6.45, 7) is 7.91. The fourth-order valence-electron chi connectivity index (χ4n) is 2.71. The van der Waals surface area contributed by atoms with Gasteiger partial charge in [-0.25, -0.2) is 4.98 Å². The summed E-state index contributed by atoms with van der Waals surface area (Å²) >= 11 is 0. The van der Waals surface area contributed by atoms with Crippen LogP contribution in [0.2, 0.25) is 0 Å². The van der Waals surface area contributed by atoms with Crippen LogP contribution in [0, 0.1) is 6.92 Å². The first-order valence-corrected chi connectivity index (χ1v) is 8.11. The van der Waals surface area contributed by atoms with Gasteiger partial charge in [0.1, 0.15) is 0 Å². The molecule has 8 heteroatoms. The number of nitrogens with one attached hydrogen (secondary N) is 1. The van der Waals surface area contributed by atoms with E-state index in [1.807, 2.05) is 29.4 Å². The highest BCUT2D eigenvalue weighted by molar-refractivity contribution is 5.36. The largest absolute Gasteiger partial charge is 0.451 e. The number of aryl methyl sites for hydroxylation is 1. The van der Waals surface area contributed by atoms with Crippen LogP contribution in [0.25, 0.3) is 5.78 Å². The molecule has 0 spiro atoms. The molecule has 0 aliphatic rings. The van der Waals surface area contributed by atoms with Gasteiger partial charge in [0.2, 0.25) is 5.82 Å². The van der Waals surface area contributed by atoms with Gasteiger partial charge in [0.15, 0.2) is 0 Å². The minimum atomic E-state index is -4.67. The third kappa shape index (κ3) is 3.36. The Morgan fingerprint density at radius 2 is 1.69 bits per heavy atom. The monoisotopic (exact) mass is 364 g/mol. The van der Waals surface area contributed by atoms with E-state index in [0.717, 1.165) is 15.6 Å². The number of alkyl halides is 3. The molecule has 0 aliphatic carbocycles. The molecular weight excluding hydrogens is 345 g/mol. The second-order valence-electron chi connectivity index (χ2n) is 7.31. The highest BCUT2D eigenvalue weighted by Gasteiger charge is 2.35. The Morgan fingerprint density at radius 3 is 2.23 bits per heavy atom. The Labute approximate surface area is 147 Å². The van der Waals surface area contributed by atoms with Gasteiger partial charge >= 0.3 is 6.18 Å². The second-order valence-corrected chi connectivity index (χ2v) is 7.31. The standard InChI is InChI=1S/C18H19F3N4O/c1-10-13(9-11-5-7-12(8-6-11)17(2,3)4)14(26)25-16(22-10)23-15(24-25)18(19,20)21/h5-8H,9H2,1-4H3,(H,22,23,24). The SMILES string of the molecule is Cc1nc2nc(C(F)(F)F)[nH]n2c(=O)c1Cc1ccc(C(C)(C)C)cc1. The molecule has 26 heavy (non-hydrogen) atoms. The van der Waals surface area contributed by atoms with Gasteiger partial charge in [-0.05, 0) is 23.5 Å². The lowest BCUT2D eigenvalue weighted by Gasteiger charge is -2.19. The molecule has 5 nitrogen and oxygen atoms in total. The van der Waals surface area contributed by atoms with Crippen molar-refractivity contribution in [1.29, 1.82) is 0 Å². The number of hydrogen-bond donors (Lipinski definition) is 1. The zero-order chi connectivity index (χ0) is 19.3. The average Bonchev–Trinajstić information content (AvgIpc) is 2.95. The number of fused-ring (bicyclic) bond motifs is 1. The lowest BCUT2D eigenvalue weighted by Crippen LogP contribution is -2.22. The first-order chi connectivity index (χ1) is 12.0. The summed E-state index contributed by atoms with van der Waals surface area (Å²) in [5, 5.41) is 1.99. The Balaban J connectivity index is 2.01. The predicted octanol–water partition coefficient (Wildman–Crippen LogP) is 3.63. The van der Waals surface area contributed by atoms with Crippen LogP contribution in [-0.2, 0) is 18.0 Å². The quantitative estimate of drug-likeness (QED) is 0.755. The van der Waals surface area contributed by atoms with Crippen LogP contribution in [-0.4, -0.2) is 19.6 Å². The molecule has 3 aromatic rings. The maximum absolute atomic E-state index is 12.8. The molecule has 1 aromatic carbocycles.